The summed E-state index contributed by atoms with van der Waals surface area (Å²) in [6, 6.07) is 15.7. The van der Waals surface area contributed by atoms with Gasteiger partial charge in [-0.05, 0) is 98.5 Å². The number of aryl methyl sites for hydroxylation is 1. The lowest BCUT2D eigenvalue weighted by molar-refractivity contribution is 0.539. The SMILES string of the molecule is CC(C)=CCNc1ccc(-c2cc(C)c(-c3ccc(CC4CCCC4)nc3)c(C)c2C)cc1. The van der Waals surface area contributed by atoms with E-state index in [1.54, 1.807) is 0 Å². The monoisotopic (exact) mass is 438 g/mol. The Kier molecular flexibility index (Phi) is 7.33. The lowest BCUT2D eigenvalue weighted by atomic mass is 9.87. The maximum atomic E-state index is 4.84. The van der Waals surface area contributed by atoms with Crippen molar-refractivity contribution >= 4 is 5.69 Å². The first kappa shape index (κ1) is 23.3. The van der Waals surface area contributed by atoms with Gasteiger partial charge in [-0.3, -0.25) is 4.98 Å². The van der Waals surface area contributed by atoms with Crippen LogP contribution in [0.25, 0.3) is 22.3 Å². The largest absolute Gasteiger partial charge is 0.382 e. The molecule has 1 heterocycles. The number of rotatable bonds is 7. The number of allylic oxidation sites excluding steroid dienone is 1. The highest BCUT2D eigenvalue weighted by atomic mass is 14.8. The van der Waals surface area contributed by atoms with Crippen LogP contribution in [0.1, 0.15) is 61.9 Å². The normalized spacial score (nSPS) is 13.8. The van der Waals surface area contributed by atoms with Crippen molar-refractivity contribution in [3.63, 3.8) is 0 Å². The molecule has 0 aliphatic heterocycles. The van der Waals surface area contributed by atoms with Crippen molar-refractivity contribution in [2.45, 2.75) is 66.7 Å². The van der Waals surface area contributed by atoms with Gasteiger partial charge in [0, 0.05) is 29.7 Å². The molecule has 1 aliphatic carbocycles. The summed E-state index contributed by atoms with van der Waals surface area (Å²) in [5.41, 5.74) is 12.9. The number of nitrogens with zero attached hydrogens (tertiary/aromatic N) is 1. The number of hydrogen-bond acceptors (Lipinski definition) is 2. The minimum atomic E-state index is 0.835. The van der Waals surface area contributed by atoms with E-state index in [2.05, 4.69) is 94.7 Å². The smallest absolute Gasteiger partial charge is 0.0406 e. The first-order valence-electron chi connectivity index (χ1n) is 12.5. The molecule has 2 nitrogen and oxygen atoms in total. The van der Waals surface area contributed by atoms with E-state index in [4.69, 9.17) is 4.98 Å². The number of anilines is 1. The molecule has 172 valence electrons. The lowest BCUT2D eigenvalue weighted by Crippen LogP contribution is -2.01. The van der Waals surface area contributed by atoms with Gasteiger partial charge in [-0.15, -0.1) is 0 Å². The molecule has 0 unspecified atom stereocenters. The predicted octanol–water partition coefficient (Wildman–Crippen LogP) is 8.45. The zero-order valence-corrected chi connectivity index (χ0v) is 21.0. The quantitative estimate of drug-likeness (QED) is 0.374. The molecular weight excluding hydrogens is 400 g/mol. The highest BCUT2D eigenvalue weighted by Gasteiger charge is 2.17. The average Bonchev–Trinajstić information content (AvgIpc) is 3.31. The third-order valence-corrected chi connectivity index (χ3v) is 7.20. The van der Waals surface area contributed by atoms with Gasteiger partial charge >= 0.3 is 0 Å². The summed E-state index contributed by atoms with van der Waals surface area (Å²) in [4.78, 5) is 4.84. The minimum Gasteiger partial charge on any atom is -0.382 e. The second-order valence-corrected chi connectivity index (χ2v) is 10.00. The van der Waals surface area contributed by atoms with Gasteiger partial charge in [0.05, 0.1) is 0 Å². The molecular formula is C31H38N2. The van der Waals surface area contributed by atoms with Gasteiger partial charge < -0.3 is 5.32 Å². The molecule has 3 aromatic rings. The van der Waals surface area contributed by atoms with Crippen LogP contribution in [0.5, 0.6) is 0 Å². The minimum absolute atomic E-state index is 0.835. The Hall–Kier alpha value is -2.87. The lowest BCUT2D eigenvalue weighted by Gasteiger charge is -2.18. The van der Waals surface area contributed by atoms with Crippen molar-refractivity contribution in [2.24, 2.45) is 5.92 Å². The van der Waals surface area contributed by atoms with Gasteiger partial charge in [0.15, 0.2) is 0 Å². The molecule has 1 saturated carbocycles. The van der Waals surface area contributed by atoms with E-state index in [1.165, 1.54) is 75.9 Å². The predicted molar refractivity (Wildman–Crippen MR) is 143 cm³/mol. The summed E-state index contributed by atoms with van der Waals surface area (Å²) >= 11 is 0. The first-order chi connectivity index (χ1) is 15.9. The molecule has 4 rings (SSSR count). The number of benzene rings is 2. The molecule has 0 spiro atoms. The van der Waals surface area contributed by atoms with Gasteiger partial charge in [0.25, 0.3) is 0 Å². The Bertz CT molecular complexity index is 1110. The molecule has 0 amide bonds. The van der Waals surface area contributed by atoms with Crippen LogP contribution in [0.15, 0.2) is 60.3 Å². The van der Waals surface area contributed by atoms with Crippen LogP contribution in [0.2, 0.25) is 0 Å². The van der Waals surface area contributed by atoms with Crippen molar-refractivity contribution < 1.29 is 0 Å². The van der Waals surface area contributed by atoms with Gasteiger partial charge in [0.2, 0.25) is 0 Å². The molecule has 33 heavy (non-hydrogen) atoms. The van der Waals surface area contributed by atoms with Gasteiger partial charge in [-0.1, -0.05) is 61.6 Å². The number of pyridine rings is 1. The standard InChI is InChI=1S/C31H38N2/c1-21(2)16-17-32-28-13-10-26(11-14-28)30-18-22(3)31(24(5)23(30)4)27-12-15-29(33-20-27)19-25-8-6-7-9-25/h10-16,18,20,25,32H,6-9,17,19H2,1-5H3. The van der Waals surface area contributed by atoms with Crippen LogP contribution in [-0.4, -0.2) is 11.5 Å². The molecule has 1 N–H and O–H groups in total. The van der Waals surface area contributed by atoms with E-state index in [-0.39, 0.29) is 0 Å². The summed E-state index contributed by atoms with van der Waals surface area (Å²) in [7, 11) is 0. The number of nitrogens with one attached hydrogen (secondary N) is 1. The van der Waals surface area contributed by atoms with Crippen LogP contribution in [0.4, 0.5) is 5.69 Å². The second kappa shape index (κ2) is 10.4. The van der Waals surface area contributed by atoms with E-state index in [0.717, 1.165) is 24.6 Å². The van der Waals surface area contributed by atoms with Gasteiger partial charge in [0.1, 0.15) is 0 Å². The fourth-order valence-corrected chi connectivity index (χ4v) is 5.17. The second-order valence-electron chi connectivity index (χ2n) is 10.00. The summed E-state index contributed by atoms with van der Waals surface area (Å²) < 4.78 is 0. The van der Waals surface area contributed by atoms with Crippen LogP contribution >= 0.6 is 0 Å². The first-order valence-corrected chi connectivity index (χ1v) is 12.5. The van der Waals surface area contributed by atoms with E-state index in [0.29, 0.717) is 0 Å². The fourth-order valence-electron chi connectivity index (χ4n) is 5.17. The van der Waals surface area contributed by atoms with Crippen LogP contribution in [-0.2, 0) is 6.42 Å². The Morgan fingerprint density at radius 3 is 2.27 bits per heavy atom. The highest BCUT2D eigenvalue weighted by Crippen LogP contribution is 2.36. The summed E-state index contributed by atoms with van der Waals surface area (Å²) in [5, 5.41) is 3.47. The average molecular weight is 439 g/mol. The Labute approximate surface area is 200 Å². The molecule has 0 saturated heterocycles. The third-order valence-electron chi connectivity index (χ3n) is 7.20. The number of aromatic nitrogens is 1. The molecule has 2 heteroatoms. The fraction of sp³-hybridized carbons (Fsp3) is 0.387. The van der Waals surface area contributed by atoms with E-state index >= 15 is 0 Å². The molecule has 0 bridgehead atoms. The molecule has 0 atom stereocenters. The van der Waals surface area contributed by atoms with Crippen molar-refractivity contribution in [3.8, 4) is 22.3 Å². The van der Waals surface area contributed by atoms with Crippen molar-refractivity contribution in [1.29, 1.82) is 0 Å². The van der Waals surface area contributed by atoms with Crippen molar-refractivity contribution in [1.82, 2.24) is 4.98 Å². The van der Waals surface area contributed by atoms with E-state index < -0.39 is 0 Å². The van der Waals surface area contributed by atoms with Crippen molar-refractivity contribution in [2.75, 3.05) is 11.9 Å². The molecule has 0 radical (unpaired) electrons. The van der Waals surface area contributed by atoms with Crippen molar-refractivity contribution in [3.05, 3.63) is 82.7 Å². The Balaban J connectivity index is 1.55. The zero-order valence-electron chi connectivity index (χ0n) is 21.0. The number of hydrogen-bond donors (Lipinski definition) is 1. The maximum Gasteiger partial charge on any atom is 0.0406 e. The molecule has 1 aromatic heterocycles. The van der Waals surface area contributed by atoms with E-state index in [9.17, 15) is 0 Å². The topological polar surface area (TPSA) is 24.9 Å². The van der Waals surface area contributed by atoms with Crippen LogP contribution in [0.3, 0.4) is 0 Å². The molecule has 1 fully saturated rings. The zero-order chi connectivity index (χ0) is 23.4. The highest BCUT2D eigenvalue weighted by molar-refractivity contribution is 5.80. The Morgan fingerprint density at radius 1 is 0.939 bits per heavy atom. The molecule has 2 aromatic carbocycles. The maximum absolute atomic E-state index is 4.84. The third kappa shape index (κ3) is 5.55. The van der Waals surface area contributed by atoms with Gasteiger partial charge in [-0.2, -0.15) is 0 Å². The van der Waals surface area contributed by atoms with Gasteiger partial charge in [-0.25, -0.2) is 0 Å². The summed E-state index contributed by atoms with van der Waals surface area (Å²) in [6.45, 7) is 11.8. The Morgan fingerprint density at radius 2 is 1.64 bits per heavy atom. The van der Waals surface area contributed by atoms with Crippen LogP contribution < -0.4 is 5.32 Å². The molecule has 1 aliphatic rings. The van der Waals surface area contributed by atoms with Crippen LogP contribution in [0, 0.1) is 26.7 Å². The summed E-state index contributed by atoms with van der Waals surface area (Å²) in [6.07, 6.45) is 11.0. The van der Waals surface area contributed by atoms with E-state index in [1.807, 2.05) is 0 Å². The summed E-state index contributed by atoms with van der Waals surface area (Å²) in [5.74, 6) is 0.835.